The first-order valence-corrected chi connectivity index (χ1v) is 5.17. The van der Waals surface area contributed by atoms with Gasteiger partial charge in [0.2, 0.25) is 0 Å². The molecule has 0 spiro atoms. The Hall–Kier alpha value is -2.04. The number of nitrogen functional groups attached to an aromatic ring is 1. The van der Waals surface area contributed by atoms with Gasteiger partial charge in [-0.15, -0.1) is 0 Å². The third-order valence-electron chi connectivity index (χ3n) is 2.32. The third kappa shape index (κ3) is 2.50. The summed E-state index contributed by atoms with van der Waals surface area (Å²) >= 11 is 0. The predicted octanol–water partition coefficient (Wildman–Crippen LogP) is 1.28. The maximum Gasteiger partial charge on any atom is 0.129 e. The Balaban J connectivity index is 1.90. The van der Waals surface area contributed by atoms with E-state index in [-0.39, 0.29) is 0 Å². The first-order valence-electron chi connectivity index (χ1n) is 5.17. The largest absolute Gasteiger partial charge is 0.397 e. The molecule has 0 atom stereocenters. The maximum atomic E-state index is 5.63. The highest BCUT2D eigenvalue weighted by atomic mass is 15.1. The number of imidazole rings is 1. The van der Waals surface area contributed by atoms with Crippen molar-refractivity contribution in [2.45, 2.75) is 13.5 Å². The standard InChI is InChI=1S/C11H15N5/c1-9-6-10(12)7-15-11(9)14-3-5-16-4-2-13-8-16/h2,4,6-8H,3,5,12H2,1H3,(H,14,15). The Bertz CT molecular complexity index is 449. The van der Waals surface area contributed by atoms with Crippen LogP contribution in [0.5, 0.6) is 0 Å². The molecule has 16 heavy (non-hydrogen) atoms. The second-order valence-corrected chi connectivity index (χ2v) is 3.66. The minimum Gasteiger partial charge on any atom is -0.397 e. The van der Waals surface area contributed by atoms with Crippen molar-refractivity contribution in [2.24, 2.45) is 0 Å². The van der Waals surface area contributed by atoms with E-state index in [1.54, 1.807) is 18.7 Å². The van der Waals surface area contributed by atoms with Gasteiger partial charge in [0, 0.05) is 25.5 Å². The number of aryl methyl sites for hydroxylation is 1. The van der Waals surface area contributed by atoms with E-state index < -0.39 is 0 Å². The van der Waals surface area contributed by atoms with Crippen LogP contribution in [0.1, 0.15) is 5.56 Å². The lowest BCUT2D eigenvalue weighted by Crippen LogP contribution is -2.11. The van der Waals surface area contributed by atoms with Crippen LogP contribution in [-0.2, 0) is 6.54 Å². The van der Waals surface area contributed by atoms with Gasteiger partial charge in [-0.3, -0.25) is 0 Å². The van der Waals surface area contributed by atoms with Gasteiger partial charge in [-0.2, -0.15) is 0 Å². The summed E-state index contributed by atoms with van der Waals surface area (Å²) < 4.78 is 2.01. The average Bonchev–Trinajstić information content (AvgIpc) is 2.74. The second-order valence-electron chi connectivity index (χ2n) is 3.66. The first kappa shape index (κ1) is 10.5. The highest BCUT2D eigenvalue weighted by Gasteiger charge is 1.99. The molecule has 0 saturated heterocycles. The van der Waals surface area contributed by atoms with Crippen molar-refractivity contribution in [3.05, 3.63) is 36.5 Å². The molecule has 2 rings (SSSR count). The van der Waals surface area contributed by atoms with Gasteiger partial charge in [0.15, 0.2) is 0 Å². The summed E-state index contributed by atoms with van der Waals surface area (Å²) in [6.07, 6.45) is 7.16. The molecule has 2 heterocycles. The Morgan fingerprint density at radius 3 is 3.06 bits per heavy atom. The normalized spacial score (nSPS) is 10.3. The zero-order chi connectivity index (χ0) is 11.4. The van der Waals surface area contributed by atoms with Crippen molar-refractivity contribution in [3.63, 3.8) is 0 Å². The fourth-order valence-corrected chi connectivity index (χ4v) is 1.50. The van der Waals surface area contributed by atoms with Crippen molar-refractivity contribution >= 4 is 11.5 Å². The molecule has 0 saturated carbocycles. The molecule has 0 amide bonds. The Kier molecular flexibility index (Phi) is 3.05. The van der Waals surface area contributed by atoms with Crippen LogP contribution < -0.4 is 11.1 Å². The zero-order valence-electron chi connectivity index (χ0n) is 9.22. The molecule has 5 heteroatoms. The topological polar surface area (TPSA) is 68.8 Å². The summed E-state index contributed by atoms with van der Waals surface area (Å²) in [5.74, 6) is 0.884. The molecular weight excluding hydrogens is 202 g/mol. The molecule has 5 nitrogen and oxygen atoms in total. The van der Waals surface area contributed by atoms with Crippen molar-refractivity contribution < 1.29 is 0 Å². The summed E-state index contributed by atoms with van der Waals surface area (Å²) in [7, 11) is 0. The number of nitrogens with one attached hydrogen (secondary N) is 1. The molecule has 0 aliphatic heterocycles. The van der Waals surface area contributed by atoms with Gasteiger partial charge < -0.3 is 15.6 Å². The molecule has 0 radical (unpaired) electrons. The predicted molar refractivity (Wildman–Crippen MR) is 64.1 cm³/mol. The molecule has 84 valence electrons. The van der Waals surface area contributed by atoms with Gasteiger partial charge in [-0.25, -0.2) is 9.97 Å². The van der Waals surface area contributed by atoms with E-state index in [4.69, 9.17) is 5.73 Å². The highest BCUT2D eigenvalue weighted by molar-refractivity contribution is 5.50. The molecule has 0 bridgehead atoms. The van der Waals surface area contributed by atoms with Gasteiger partial charge in [-0.05, 0) is 18.6 Å². The minimum absolute atomic E-state index is 0.692. The second kappa shape index (κ2) is 4.65. The summed E-state index contributed by atoms with van der Waals surface area (Å²) in [4.78, 5) is 8.22. The number of anilines is 2. The lowest BCUT2D eigenvalue weighted by atomic mass is 10.2. The average molecular weight is 217 g/mol. The number of hydrogen-bond donors (Lipinski definition) is 2. The van der Waals surface area contributed by atoms with Crippen molar-refractivity contribution in [2.75, 3.05) is 17.6 Å². The lowest BCUT2D eigenvalue weighted by molar-refractivity contribution is 0.725. The van der Waals surface area contributed by atoms with Gasteiger partial charge in [0.25, 0.3) is 0 Å². The first-order chi connectivity index (χ1) is 7.75. The molecule has 0 aromatic carbocycles. The van der Waals surface area contributed by atoms with E-state index in [2.05, 4.69) is 15.3 Å². The number of pyridine rings is 1. The van der Waals surface area contributed by atoms with Crippen LogP contribution >= 0.6 is 0 Å². The van der Waals surface area contributed by atoms with Crippen molar-refractivity contribution in [1.82, 2.24) is 14.5 Å². The van der Waals surface area contributed by atoms with Gasteiger partial charge in [0.05, 0.1) is 18.2 Å². The maximum absolute atomic E-state index is 5.63. The Morgan fingerprint density at radius 2 is 2.38 bits per heavy atom. The summed E-state index contributed by atoms with van der Waals surface area (Å²) in [5, 5.41) is 3.26. The van der Waals surface area contributed by atoms with E-state index in [1.165, 1.54) is 0 Å². The molecule has 2 aromatic heterocycles. The van der Waals surface area contributed by atoms with Crippen molar-refractivity contribution in [1.29, 1.82) is 0 Å². The van der Waals surface area contributed by atoms with Crippen molar-refractivity contribution in [3.8, 4) is 0 Å². The van der Waals surface area contributed by atoms with Crippen LogP contribution in [0.3, 0.4) is 0 Å². The molecule has 0 aliphatic rings. The van der Waals surface area contributed by atoms with E-state index >= 15 is 0 Å². The van der Waals surface area contributed by atoms with Crippen LogP contribution in [0.2, 0.25) is 0 Å². The Labute approximate surface area is 94.3 Å². The summed E-state index contributed by atoms with van der Waals surface area (Å²) in [6.45, 7) is 3.67. The highest BCUT2D eigenvalue weighted by Crippen LogP contribution is 2.13. The number of aromatic nitrogens is 3. The SMILES string of the molecule is Cc1cc(N)cnc1NCCn1ccnc1. The van der Waals surface area contributed by atoms with Gasteiger partial charge >= 0.3 is 0 Å². The fraction of sp³-hybridized carbons (Fsp3) is 0.273. The van der Waals surface area contributed by atoms with Crippen LogP contribution in [0.25, 0.3) is 0 Å². The lowest BCUT2D eigenvalue weighted by Gasteiger charge is -2.09. The number of rotatable bonds is 4. The number of hydrogen-bond acceptors (Lipinski definition) is 4. The summed E-state index contributed by atoms with van der Waals surface area (Å²) in [6, 6.07) is 1.91. The van der Waals surface area contributed by atoms with E-state index in [0.717, 1.165) is 24.5 Å². The van der Waals surface area contributed by atoms with E-state index in [9.17, 15) is 0 Å². The zero-order valence-corrected chi connectivity index (χ0v) is 9.22. The third-order valence-corrected chi connectivity index (χ3v) is 2.32. The van der Waals surface area contributed by atoms with Gasteiger partial charge in [-0.1, -0.05) is 0 Å². The number of nitrogens with zero attached hydrogens (tertiary/aromatic N) is 3. The van der Waals surface area contributed by atoms with Gasteiger partial charge in [0.1, 0.15) is 5.82 Å². The Morgan fingerprint density at radius 1 is 1.50 bits per heavy atom. The van der Waals surface area contributed by atoms with E-state index in [0.29, 0.717) is 5.69 Å². The van der Waals surface area contributed by atoms with Crippen LogP contribution in [0.4, 0.5) is 11.5 Å². The van der Waals surface area contributed by atoms with Crippen LogP contribution in [0, 0.1) is 6.92 Å². The molecule has 0 aliphatic carbocycles. The molecule has 0 unspecified atom stereocenters. The molecule has 2 aromatic rings. The minimum atomic E-state index is 0.692. The number of nitrogens with two attached hydrogens (primary N) is 1. The molecular formula is C11H15N5. The quantitative estimate of drug-likeness (QED) is 0.809. The molecule has 3 N–H and O–H groups in total. The fourth-order valence-electron chi connectivity index (χ4n) is 1.50. The van der Waals surface area contributed by atoms with Crippen LogP contribution in [-0.4, -0.2) is 21.1 Å². The monoisotopic (exact) mass is 217 g/mol. The smallest absolute Gasteiger partial charge is 0.129 e. The van der Waals surface area contributed by atoms with E-state index in [1.807, 2.05) is 23.8 Å². The summed E-state index contributed by atoms with van der Waals surface area (Å²) in [5.41, 5.74) is 7.38. The molecule has 0 fully saturated rings. The van der Waals surface area contributed by atoms with Crippen LogP contribution in [0.15, 0.2) is 31.0 Å².